The van der Waals surface area contributed by atoms with Gasteiger partial charge < -0.3 is 10.6 Å². The van der Waals surface area contributed by atoms with Crippen LogP contribution in [-0.4, -0.2) is 35.4 Å². The average molecular weight is 417 g/mol. The second-order valence-corrected chi connectivity index (χ2v) is 9.30. The summed E-state index contributed by atoms with van der Waals surface area (Å²) in [5, 5.41) is 6.09. The van der Waals surface area contributed by atoms with Gasteiger partial charge in [0.1, 0.15) is 0 Å². The van der Waals surface area contributed by atoms with E-state index in [1.807, 2.05) is 36.4 Å². The van der Waals surface area contributed by atoms with Gasteiger partial charge in [-0.25, -0.2) is 0 Å². The first-order valence-corrected chi connectivity index (χ1v) is 11.9. The van der Waals surface area contributed by atoms with Crippen LogP contribution in [0.5, 0.6) is 0 Å². The van der Waals surface area contributed by atoms with Crippen LogP contribution in [0, 0.1) is 0 Å². The van der Waals surface area contributed by atoms with E-state index >= 15 is 0 Å². The lowest BCUT2D eigenvalue weighted by atomic mass is 10.1. The fourth-order valence-electron chi connectivity index (χ4n) is 2.94. The molecule has 0 aliphatic heterocycles. The van der Waals surface area contributed by atoms with E-state index in [4.69, 9.17) is 0 Å². The van der Waals surface area contributed by atoms with Gasteiger partial charge >= 0.3 is 0 Å². The third kappa shape index (κ3) is 9.33. The van der Waals surface area contributed by atoms with Crippen LogP contribution in [0.2, 0.25) is 0 Å². The van der Waals surface area contributed by atoms with E-state index in [0.717, 1.165) is 24.3 Å². The molecule has 2 atom stereocenters. The molecule has 150 valence electrons. The number of hydrogen-bond acceptors (Lipinski definition) is 4. The van der Waals surface area contributed by atoms with Crippen molar-refractivity contribution in [2.24, 2.45) is 0 Å². The molecule has 0 saturated heterocycles. The zero-order valence-electron chi connectivity index (χ0n) is 16.4. The fraction of sp³-hybridized carbons (Fsp3) is 0.364. The zero-order valence-corrected chi connectivity index (χ0v) is 18.0. The van der Waals surface area contributed by atoms with Crippen molar-refractivity contribution in [1.29, 1.82) is 0 Å². The van der Waals surface area contributed by atoms with Crippen molar-refractivity contribution in [1.82, 2.24) is 10.6 Å². The molecule has 2 rings (SSSR count). The molecule has 2 aromatic carbocycles. The van der Waals surface area contributed by atoms with Crippen LogP contribution in [0.25, 0.3) is 0 Å². The number of nitrogens with one attached hydrogen (secondary N) is 2. The van der Waals surface area contributed by atoms with Gasteiger partial charge in [-0.3, -0.25) is 9.59 Å². The standard InChI is InChI=1S/C22H28N2O2S2/c1-17(25)23-21(13-19-9-5-3-6-10-19)15-27-28-16-22(24-18(2)26)14-20-11-7-4-8-12-20/h3-12,21-22H,13-16H2,1-2H3,(H,23,25)(H,24,26)/t21-,22-/m0/s1. The minimum absolute atomic E-state index is 0.00766. The van der Waals surface area contributed by atoms with Crippen molar-refractivity contribution < 1.29 is 9.59 Å². The number of carbonyl (C=O) groups is 2. The molecular weight excluding hydrogens is 388 g/mol. The molecule has 0 aromatic heterocycles. The summed E-state index contributed by atoms with van der Waals surface area (Å²) in [5.41, 5.74) is 2.43. The smallest absolute Gasteiger partial charge is 0.217 e. The first kappa shape index (κ1) is 22.4. The van der Waals surface area contributed by atoms with Gasteiger partial charge in [0.25, 0.3) is 0 Å². The second-order valence-electron chi connectivity index (χ2n) is 6.74. The molecule has 0 aliphatic carbocycles. The maximum absolute atomic E-state index is 11.5. The molecule has 4 nitrogen and oxygen atoms in total. The largest absolute Gasteiger partial charge is 0.352 e. The normalized spacial score (nSPS) is 12.8. The number of amides is 2. The molecule has 2 amide bonds. The van der Waals surface area contributed by atoms with Gasteiger partial charge in [-0.15, -0.1) is 0 Å². The molecule has 0 aliphatic rings. The molecule has 2 aromatic rings. The first-order chi connectivity index (χ1) is 13.5. The lowest BCUT2D eigenvalue weighted by molar-refractivity contribution is -0.120. The van der Waals surface area contributed by atoms with Gasteiger partial charge in [0.05, 0.1) is 0 Å². The highest BCUT2D eigenvalue weighted by molar-refractivity contribution is 8.76. The van der Waals surface area contributed by atoms with Crippen LogP contribution < -0.4 is 10.6 Å². The van der Waals surface area contributed by atoms with E-state index in [2.05, 4.69) is 34.9 Å². The quantitative estimate of drug-likeness (QED) is 0.431. The molecule has 28 heavy (non-hydrogen) atoms. The van der Waals surface area contributed by atoms with Crippen molar-refractivity contribution in [2.75, 3.05) is 11.5 Å². The van der Waals surface area contributed by atoms with E-state index in [1.54, 1.807) is 35.4 Å². The third-order valence-corrected chi connectivity index (χ3v) is 6.65. The molecule has 0 saturated carbocycles. The Hall–Kier alpha value is -1.92. The molecule has 0 heterocycles. The topological polar surface area (TPSA) is 58.2 Å². The molecule has 0 radical (unpaired) electrons. The van der Waals surface area contributed by atoms with Gasteiger partial charge in [-0.05, 0) is 24.0 Å². The maximum Gasteiger partial charge on any atom is 0.217 e. The van der Waals surface area contributed by atoms with Crippen LogP contribution >= 0.6 is 21.6 Å². The Bertz CT molecular complexity index is 662. The lowest BCUT2D eigenvalue weighted by Gasteiger charge is -2.20. The minimum atomic E-state index is -0.00766. The molecule has 2 N–H and O–H groups in total. The maximum atomic E-state index is 11.5. The molecule has 0 bridgehead atoms. The van der Waals surface area contributed by atoms with Crippen molar-refractivity contribution in [2.45, 2.75) is 38.8 Å². The summed E-state index contributed by atoms with van der Waals surface area (Å²) in [6, 6.07) is 20.6. The first-order valence-electron chi connectivity index (χ1n) is 9.39. The predicted octanol–water partition coefficient (Wildman–Crippen LogP) is 3.86. The summed E-state index contributed by atoms with van der Waals surface area (Å²) in [5.74, 6) is 1.62. The molecular formula is C22H28N2O2S2. The third-order valence-electron chi connectivity index (χ3n) is 4.09. The Kier molecular flexibility index (Phi) is 10.0. The predicted molar refractivity (Wildman–Crippen MR) is 120 cm³/mol. The Morgan fingerprint density at radius 1 is 0.714 bits per heavy atom. The molecule has 6 heteroatoms. The number of benzene rings is 2. The monoisotopic (exact) mass is 416 g/mol. The van der Waals surface area contributed by atoms with Crippen molar-refractivity contribution in [3.8, 4) is 0 Å². The highest BCUT2D eigenvalue weighted by Crippen LogP contribution is 2.25. The second kappa shape index (κ2) is 12.5. The van der Waals surface area contributed by atoms with Crippen LogP contribution in [-0.2, 0) is 22.4 Å². The lowest BCUT2D eigenvalue weighted by Crippen LogP contribution is -2.37. The Balaban J connectivity index is 1.82. The van der Waals surface area contributed by atoms with E-state index in [0.29, 0.717) is 0 Å². The summed E-state index contributed by atoms with van der Waals surface area (Å²) in [4.78, 5) is 23.1. The van der Waals surface area contributed by atoms with Crippen molar-refractivity contribution >= 4 is 33.4 Å². The van der Waals surface area contributed by atoms with Crippen LogP contribution in [0.3, 0.4) is 0 Å². The van der Waals surface area contributed by atoms with Gasteiger partial charge in [0.2, 0.25) is 11.8 Å². The Morgan fingerprint density at radius 2 is 1.07 bits per heavy atom. The summed E-state index contributed by atoms with van der Waals surface area (Å²) in [6.07, 6.45) is 1.63. The average Bonchev–Trinajstić information content (AvgIpc) is 2.65. The number of rotatable bonds is 11. The van der Waals surface area contributed by atoms with Crippen molar-refractivity contribution in [3.63, 3.8) is 0 Å². The number of carbonyl (C=O) groups excluding carboxylic acids is 2. The summed E-state index contributed by atoms with van der Waals surface area (Å²) in [6.45, 7) is 3.12. The fourth-order valence-corrected chi connectivity index (χ4v) is 5.42. The summed E-state index contributed by atoms with van der Waals surface area (Å²) in [7, 11) is 3.48. The Morgan fingerprint density at radius 3 is 1.39 bits per heavy atom. The molecule has 0 unspecified atom stereocenters. The van der Waals surface area contributed by atoms with E-state index in [1.165, 1.54) is 11.1 Å². The van der Waals surface area contributed by atoms with Crippen molar-refractivity contribution in [3.05, 3.63) is 71.8 Å². The summed E-state index contributed by atoms with van der Waals surface area (Å²) < 4.78 is 0. The number of hydrogen-bond donors (Lipinski definition) is 2. The summed E-state index contributed by atoms with van der Waals surface area (Å²) >= 11 is 0. The van der Waals surface area contributed by atoms with Crippen LogP contribution in [0.1, 0.15) is 25.0 Å². The highest BCUT2D eigenvalue weighted by atomic mass is 33.1. The minimum Gasteiger partial charge on any atom is -0.352 e. The van der Waals surface area contributed by atoms with Gasteiger partial charge in [-0.1, -0.05) is 82.3 Å². The highest BCUT2D eigenvalue weighted by Gasteiger charge is 2.14. The molecule has 0 fully saturated rings. The van der Waals surface area contributed by atoms with Gasteiger partial charge in [0, 0.05) is 37.4 Å². The zero-order chi connectivity index (χ0) is 20.2. The van der Waals surface area contributed by atoms with Gasteiger partial charge in [0.15, 0.2) is 0 Å². The van der Waals surface area contributed by atoms with E-state index < -0.39 is 0 Å². The van der Waals surface area contributed by atoms with Crippen LogP contribution in [0.4, 0.5) is 0 Å². The van der Waals surface area contributed by atoms with Crippen LogP contribution in [0.15, 0.2) is 60.7 Å². The molecule has 0 spiro atoms. The van der Waals surface area contributed by atoms with E-state index in [9.17, 15) is 9.59 Å². The Labute approximate surface area is 175 Å². The van der Waals surface area contributed by atoms with Gasteiger partial charge in [-0.2, -0.15) is 0 Å². The van der Waals surface area contributed by atoms with E-state index in [-0.39, 0.29) is 23.9 Å². The SMILES string of the molecule is CC(=O)N[C@H](CSSC[C@H](Cc1ccccc1)NC(C)=O)Cc1ccccc1.